The molecule has 1 fully saturated rings. The van der Waals surface area contributed by atoms with Gasteiger partial charge in [-0.2, -0.15) is 5.26 Å². The van der Waals surface area contributed by atoms with E-state index < -0.39 is 0 Å². The average molecular weight is 327 g/mol. The zero-order valence-corrected chi connectivity index (χ0v) is 14.0. The van der Waals surface area contributed by atoms with Gasteiger partial charge in [0.1, 0.15) is 0 Å². The Labute approximate surface area is 141 Å². The fourth-order valence-electron chi connectivity index (χ4n) is 2.84. The Kier molecular flexibility index (Phi) is 5.67. The number of nitriles is 1. The first-order chi connectivity index (χ1) is 11.4. The number of hydrogen-bond acceptors (Lipinski definition) is 5. The summed E-state index contributed by atoms with van der Waals surface area (Å²) in [7, 11) is 0. The van der Waals surface area contributed by atoms with Crippen LogP contribution in [0.1, 0.15) is 31.5 Å². The van der Waals surface area contributed by atoms with Crippen LogP contribution < -0.4 is 0 Å². The number of para-hydroxylation sites is 1. The van der Waals surface area contributed by atoms with Crippen molar-refractivity contribution in [3.05, 3.63) is 36.2 Å². The molecular formula is C17H21N5S. The minimum atomic E-state index is 0.522. The van der Waals surface area contributed by atoms with Crippen LogP contribution in [0.2, 0.25) is 0 Å². The van der Waals surface area contributed by atoms with E-state index in [1.807, 2.05) is 18.2 Å². The lowest BCUT2D eigenvalue weighted by molar-refractivity contribution is 0.214. The minimum Gasteiger partial charge on any atom is -0.296 e. The van der Waals surface area contributed by atoms with Gasteiger partial charge in [-0.05, 0) is 38.1 Å². The topological polar surface area (TPSA) is 57.7 Å². The van der Waals surface area contributed by atoms with Crippen molar-refractivity contribution in [3.63, 3.8) is 0 Å². The molecule has 120 valence electrons. The van der Waals surface area contributed by atoms with Crippen LogP contribution in [0, 0.1) is 11.3 Å². The maximum atomic E-state index is 8.74. The smallest absolute Gasteiger partial charge is 0.195 e. The van der Waals surface area contributed by atoms with Crippen LogP contribution in [0.3, 0.4) is 0 Å². The zero-order valence-electron chi connectivity index (χ0n) is 13.2. The van der Waals surface area contributed by atoms with Crippen LogP contribution in [0.5, 0.6) is 0 Å². The van der Waals surface area contributed by atoms with Crippen molar-refractivity contribution < 1.29 is 0 Å². The first-order valence-electron chi connectivity index (χ1n) is 8.10. The van der Waals surface area contributed by atoms with Crippen molar-refractivity contribution in [1.29, 1.82) is 5.26 Å². The van der Waals surface area contributed by atoms with Gasteiger partial charge in [-0.15, -0.1) is 10.2 Å². The summed E-state index contributed by atoms with van der Waals surface area (Å²) in [5, 5.41) is 18.4. The molecule has 0 bridgehead atoms. The van der Waals surface area contributed by atoms with Crippen LogP contribution in [-0.4, -0.2) is 38.5 Å². The van der Waals surface area contributed by atoms with Crippen LogP contribution in [0.25, 0.3) is 5.69 Å². The monoisotopic (exact) mass is 327 g/mol. The summed E-state index contributed by atoms with van der Waals surface area (Å²) in [6.45, 7) is 3.11. The number of thioether (sulfide) groups is 1. The zero-order chi connectivity index (χ0) is 15.9. The molecule has 23 heavy (non-hydrogen) atoms. The lowest BCUT2D eigenvalue weighted by atomic mass is 10.1. The van der Waals surface area contributed by atoms with Gasteiger partial charge in [0.25, 0.3) is 0 Å². The lowest BCUT2D eigenvalue weighted by Gasteiger charge is -2.26. The first kappa shape index (κ1) is 16.0. The quantitative estimate of drug-likeness (QED) is 0.602. The van der Waals surface area contributed by atoms with Gasteiger partial charge in [0.15, 0.2) is 11.0 Å². The van der Waals surface area contributed by atoms with E-state index in [9.17, 15) is 0 Å². The van der Waals surface area contributed by atoms with Gasteiger partial charge >= 0.3 is 0 Å². The van der Waals surface area contributed by atoms with Crippen molar-refractivity contribution >= 4 is 11.8 Å². The van der Waals surface area contributed by atoms with E-state index in [4.69, 9.17) is 5.26 Å². The number of nitrogens with zero attached hydrogens (tertiary/aromatic N) is 5. The summed E-state index contributed by atoms with van der Waals surface area (Å²) in [4.78, 5) is 2.46. The molecule has 0 atom stereocenters. The fraction of sp³-hybridized carbons (Fsp3) is 0.471. The highest BCUT2D eigenvalue weighted by atomic mass is 32.2. The van der Waals surface area contributed by atoms with Gasteiger partial charge in [0, 0.05) is 17.9 Å². The molecule has 6 heteroatoms. The predicted octanol–water partition coefficient (Wildman–Crippen LogP) is 3.26. The van der Waals surface area contributed by atoms with Crippen molar-refractivity contribution in [2.45, 2.75) is 37.4 Å². The molecule has 0 unspecified atom stereocenters. The second-order valence-corrected chi connectivity index (χ2v) is 6.73. The summed E-state index contributed by atoms with van der Waals surface area (Å²) < 4.78 is 2.14. The normalized spacial score (nSPS) is 15.4. The number of hydrogen-bond donors (Lipinski definition) is 0. The Hall–Kier alpha value is -1.84. The van der Waals surface area contributed by atoms with Gasteiger partial charge in [0.2, 0.25) is 0 Å². The second-order valence-electron chi connectivity index (χ2n) is 5.66. The molecule has 1 aromatic carbocycles. The highest BCUT2D eigenvalue weighted by molar-refractivity contribution is 7.99. The SMILES string of the molecule is N#CCCSc1nnc(CN2CCCCC2)n1-c1ccccc1. The molecule has 1 aromatic heterocycles. The molecule has 0 radical (unpaired) electrons. The van der Waals surface area contributed by atoms with Gasteiger partial charge in [-0.3, -0.25) is 9.47 Å². The third-order valence-corrected chi connectivity index (χ3v) is 4.90. The Morgan fingerprint density at radius 1 is 1.09 bits per heavy atom. The molecular weight excluding hydrogens is 306 g/mol. The van der Waals surface area contributed by atoms with Crippen molar-refractivity contribution in [1.82, 2.24) is 19.7 Å². The van der Waals surface area contributed by atoms with Crippen LogP contribution >= 0.6 is 11.8 Å². The largest absolute Gasteiger partial charge is 0.296 e. The Morgan fingerprint density at radius 2 is 1.87 bits per heavy atom. The molecule has 5 nitrogen and oxygen atoms in total. The molecule has 0 spiro atoms. The lowest BCUT2D eigenvalue weighted by Crippen LogP contribution is -2.30. The Bertz CT molecular complexity index is 655. The second kappa shape index (κ2) is 8.14. The highest BCUT2D eigenvalue weighted by Crippen LogP contribution is 2.24. The van der Waals surface area contributed by atoms with E-state index >= 15 is 0 Å². The van der Waals surface area contributed by atoms with E-state index in [0.717, 1.165) is 42.1 Å². The summed E-state index contributed by atoms with van der Waals surface area (Å²) in [5.74, 6) is 1.73. The predicted molar refractivity (Wildman–Crippen MR) is 91.4 cm³/mol. The molecule has 1 saturated heterocycles. The number of rotatable bonds is 6. The maximum Gasteiger partial charge on any atom is 0.195 e. The van der Waals surface area contributed by atoms with E-state index in [0.29, 0.717) is 6.42 Å². The van der Waals surface area contributed by atoms with Crippen molar-refractivity contribution in [3.8, 4) is 11.8 Å². The van der Waals surface area contributed by atoms with Gasteiger partial charge in [-0.1, -0.05) is 36.4 Å². The fourth-order valence-corrected chi connectivity index (χ4v) is 3.65. The number of piperidine rings is 1. The highest BCUT2D eigenvalue weighted by Gasteiger charge is 2.18. The summed E-state index contributed by atoms with van der Waals surface area (Å²) in [6.07, 6.45) is 4.39. The van der Waals surface area contributed by atoms with E-state index in [1.165, 1.54) is 19.3 Å². The molecule has 2 aromatic rings. The third kappa shape index (κ3) is 4.12. The molecule has 3 rings (SSSR count). The van der Waals surface area contributed by atoms with Gasteiger partial charge in [-0.25, -0.2) is 0 Å². The summed E-state index contributed by atoms with van der Waals surface area (Å²) >= 11 is 1.60. The molecule has 0 amide bonds. The summed E-state index contributed by atoms with van der Waals surface area (Å²) in [5.41, 5.74) is 1.09. The van der Waals surface area contributed by atoms with E-state index in [2.05, 4.69) is 37.9 Å². The standard InChI is InChI=1S/C17H21N5S/c18-10-7-13-23-17-20-19-16(14-21-11-5-2-6-12-21)22(17)15-8-3-1-4-9-15/h1,3-4,8-9H,2,5-7,11-14H2. The number of likely N-dealkylation sites (tertiary alicyclic amines) is 1. The van der Waals surface area contributed by atoms with E-state index in [1.54, 1.807) is 11.8 Å². The molecule has 0 saturated carbocycles. The van der Waals surface area contributed by atoms with Gasteiger partial charge in [0.05, 0.1) is 12.6 Å². The summed E-state index contributed by atoms with van der Waals surface area (Å²) in [6, 6.07) is 12.4. The van der Waals surface area contributed by atoms with Crippen LogP contribution in [0.4, 0.5) is 0 Å². The molecule has 0 aliphatic carbocycles. The van der Waals surface area contributed by atoms with Crippen LogP contribution in [-0.2, 0) is 6.54 Å². The first-order valence-corrected chi connectivity index (χ1v) is 9.09. The maximum absolute atomic E-state index is 8.74. The van der Waals surface area contributed by atoms with E-state index in [-0.39, 0.29) is 0 Å². The molecule has 1 aliphatic rings. The molecule has 2 heterocycles. The molecule has 1 aliphatic heterocycles. The average Bonchev–Trinajstić information content (AvgIpc) is 2.99. The van der Waals surface area contributed by atoms with Crippen LogP contribution in [0.15, 0.2) is 35.5 Å². The number of aromatic nitrogens is 3. The minimum absolute atomic E-state index is 0.522. The van der Waals surface area contributed by atoms with Crippen molar-refractivity contribution in [2.75, 3.05) is 18.8 Å². The molecule has 0 N–H and O–H groups in total. The van der Waals surface area contributed by atoms with Crippen molar-refractivity contribution in [2.24, 2.45) is 0 Å². The third-order valence-electron chi connectivity index (χ3n) is 3.97. The van der Waals surface area contributed by atoms with Gasteiger partial charge < -0.3 is 0 Å². The Morgan fingerprint density at radius 3 is 2.61 bits per heavy atom. The number of benzene rings is 1. The Balaban J connectivity index is 1.84.